The molecule has 0 saturated carbocycles. The Labute approximate surface area is 180 Å². The molecule has 1 unspecified atom stereocenters. The van der Waals surface area contributed by atoms with E-state index >= 15 is 0 Å². The summed E-state index contributed by atoms with van der Waals surface area (Å²) in [6.07, 6.45) is 4.50. The molecule has 1 amide bonds. The number of carbonyl (C=O) groups is 1. The molecule has 0 aliphatic rings. The molecule has 0 radical (unpaired) electrons. The number of benzene rings is 3. The molecule has 0 spiro atoms. The van der Waals surface area contributed by atoms with E-state index in [4.69, 9.17) is 0 Å². The molecule has 3 aromatic rings. The Bertz CT molecular complexity index is 907. The Morgan fingerprint density at radius 3 is 2.00 bits per heavy atom. The number of para-hydroxylation sites is 1. The van der Waals surface area contributed by atoms with Crippen LogP contribution in [0.1, 0.15) is 49.3 Å². The molecule has 0 aliphatic heterocycles. The van der Waals surface area contributed by atoms with Crippen molar-refractivity contribution in [1.29, 1.82) is 0 Å². The molecule has 156 valence electrons. The third-order valence-electron chi connectivity index (χ3n) is 5.45. The van der Waals surface area contributed by atoms with Gasteiger partial charge in [0.15, 0.2) is 5.54 Å². The second-order valence-corrected chi connectivity index (χ2v) is 7.79. The zero-order valence-electron chi connectivity index (χ0n) is 18.0. The standard InChI is InChI=1S/C27H32N2O/c1-3-4-5-12-21-28-26(30)27(23-13-8-6-9-14-23,24-19-17-22(2)18-20-24)29-25-15-10-7-11-16-25/h6-11,13-20,29H,3-5,12,21H2,1-2H3,(H,28,30). The van der Waals surface area contributed by atoms with Crippen molar-refractivity contribution in [2.75, 3.05) is 11.9 Å². The largest absolute Gasteiger partial charge is 0.364 e. The molecule has 0 aliphatic carbocycles. The number of amides is 1. The maximum absolute atomic E-state index is 13.8. The van der Waals surface area contributed by atoms with Crippen LogP contribution in [0, 0.1) is 6.92 Å². The van der Waals surface area contributed by atoms with Gasteiger partial charge in [0, 0.05) is 12.2 Å². The van der Waals surface area contributed by atoms with Crippen LogP contribution in [0.25, 0.3) is 0 Å². The lowest BCUT2D eigenvalue weighted by atomic mass is 9.81. The van der Waals surface area contributed by atoms with Crippen LogP contribution in [-0.4, -0.2) is 12.5 Å². The van der Waals surface area contributed by atoms with Crippen molar-refractivity contribution in [2.24, 2.45) is 0 Å². The van der Waals surface area contributed by atoms with Gasteiger partial charge in [-0.25, -0.2) is 0 Å². The average Bonchev–Trinajstić information content (AvgIpc) is 2.79. The van der Waals surface area contributed by atoms with E-state index in [-0.39, 0.29) is 5.91 Å². The van der Waals surface area contributed by atoms with Crippen LogP contribution in [0.5, 0.6) is 0 Å². The Hall–Kier alpha value is -3.07. The van der Waals surface area contributed by atoms with Crippen LogP contribution in [0.2, 0.25) is 0 Å². The second kappa shape index (κ2) is 10.6. The number of nitrogens with one attached hydrogen (secondary N) is 2. The van der Waals surface area contributed by atoms with Crippen molar-refractivity contribution >= 4 is 11.6 Å². The molecule has 0 bridgehead atoms. The van der Waals surface area contributed by atoms with Crippen molar-refractivity contribution in [3.05, 3.63) is 102 Å². The molecule has 3 rings (SSSR count). The normalized spacial score (nSPS) is 12.7. The van der Waals surface area contributed by atoms with Gasteiger partial charge in [-0.3, -0.25) is 4.79 Å². The van der Waals surface area contributed by atoms with Gasteiger partial charge in [-0.15, -0.1) is 0 Å². The first-order valence-corrected chi connectivity index (χ1v) is 10.9. The van der Waals surface area contributed by atoms with Gasteiger partial charge >= 0.3 is 0 Å². The van der Waals surface area contributed by atoms with Crippen molar-refractivity contribution < 1.29 is 4.79 Å². The zero-order valence-corrected chi connectivity index (χ0v) is 18.0. The fourth-order valence-corrected chi connectivity index (χ4v) is 3.75. The van der Waals surface area contributed by atoms with Crippen LogP contribution >= 0.6 is 0 Å². The molecular weight excluding hydrogens is 368 g/mol. The van der Waals surface area contributed by atoms with Gasteiger partial charge in [-0.05, 0) is 36.6 Å². The minimum absolute atomic E-state index is 0.0297. The van der Waals surface area contributed by atoms with Gasteiger partial charge in [0.25, 0.3) is 5.91 Å². The molecule has 0 aromatic heterocycles. The summed E-state index contributed by atoms with van der Waals surface area (Å²) >= 11 is 0. The summed E-state index contributed by atoms with van der Waals surface area (Å²) in [4.78, 5) is 13.8. The molecule has 30 heavy (non-hydrogen) atoms. The highest BCUT2D eigenvalue weighted by Gasteiger charge is 2.42. The Morgan fingerprint density at radius 2 is 1.37 bits per heavy atom. The van der Waals surface area contributed by atoms with E-state index in [9.17, 15) is 4.79 Å². The number of hydrogen-bond donors (Lipinski definition) is 2. The topological polar surface area (TPSA) is 41.1 Å². The summed E-state index contributed by atoms with van der Waals surface area (Å²) in [7, 11) is 0. The van der Waals surface area contributed by atoms with Gasteiger partial charge < -0.3 is 10.6 Å². The summed E-state index contributed by atoms with van der Waals surface area (Å²) in [6, 6.07) is 28.2. The fourth-order valence-electron chi connectivity index (χ4n) is 3.75. The third-order valence-corrected chi connectivity index (χ3v) is 5.45. The lowest BCUT2D eigenvalue weighted by molar-refractivity contribution is -0.124. The molecule has 0 fully saturated rings. The van der Waals surface area contributed by atoms with Crippen LogP contribution in [0.3, 0.4) is 0 Å². The Balaban J connectivity index is 2.04. The van der Waals surface area contributed by atoms with Gasteiger partial charge in [0.05, 0.1) is 0 Å². The Kier molecular flexibility index (Phi) is 7.67. The minimum Gasteiger partial charge on any atom is -0.364 e. The molecule has 0 heterocycles. The van der Waals surface area contributed by atoms with Crippen molar-refractivity contribution in [3.63, 3.8) is 0 Å². The van der Waals surface area contributed by atoms with E-state index in [0.29, 0.717) is 6.54 Å². The van der Waals surface area contributed by atoms with E-state index < -0.39 is 5.54 Å². The first kappa shape index (κ1) is 21.6. The molecular formula is C27H32N2O. The van der Waals surface area contributed by atoms with Gasteiger partial charge in [-0.2, -0.15) is 0 Å². The maximum atomic E-state index is 13.8. The SMILES string of the molecule is CCCCCCNC(=O)C(Nc1ccccc1)(c1ccccc1)c1ccc(C)cc1. The van der Waals surface area contributed by atoms with Gasteiger partial charge in [-0.1, -0.05) is 105 Å². The maximum Gasteiger partial charge on any atom is 0.255 e. The van der Waals surface area contributed by atoms with E-state index in [2.05, 4.69) is 48.7 Å². The monoisotopic (exact) mass is 400 g/mol. The van der Waals surface area contributed by atoms with Crippen LogP contribution in [-0.2, 0) is 10.3 Å². The first-order chi connectivity index (χ1) is 14.7. The summed E-state index contributed by atoms with van der Waals surface area (Å²) in [5.41, 5.74) is 2.91. The molecule has 1 atom stereocenters. The van der Waals surface area contributed by atoms with E-state index in [0.717, 1.165) is 29.7 Å². The minimum atomic E-state index is -1.01. The molecule has 0 saturated heterocycles. The number of anilines is 1. The third kappa shape index (κ3) is 5.10. The highest BCUT2D eigenvalue weighted by atomic mass is 16.2. The summed E-state index contributed by atoms with van der Waals surface area (Å²) in [5, 5.41) is 6.80. The van der Waals surface area contributed by atoms with Crippen molar-refractivity contribution in [2.45, 2.75) is 45.1 Å². The number of unbranched alkanes of at least 4 members (excludes halogenated alkanes) is 3. The van der Waals surface area contributed by atoms with E-state index in [1.807, 2.05) is 60.7 Å². The smallest absolute Gasteiger partial charge is 0.255 e. The van der Waals surface area contributed by atoms with Crippen LogP contribution in [0.4, 0.5) is 5.69 Å². The average molecular weight is 401 g/mol. The predicted octanol–water partition coefficient (Wildman–Crippen LogP) is 6.05. The van der Waals surface area contributed by atoms with Gasteiger partial charge in [0.2, 0.25) is 0 Å². The number of aryl methyl sites for hydroxylation is 1. The van der Waals surface area contributed by atoms with Crippen LogP contribution in [0.15, 0.2) is 84.9 Å². The highest BCUT2D eigenvalue weighted by molar-refractivity contribution is 5.94. The quantitative estimate of drug-likeness (QED) is 0.407. The van der Waals surface area contributed by atoms with Crippen molar-refractivity contribution in [1.82, 2.24) is 5.32 Å². The number of rotatable bonds is 10. The lowest BCUT2D eigenvalue weighted by Gasteiger charge is -2.35. The molecule has 2 N–H and O–H groups in total. The second-order valence-electron chi connectivity index (χ2n) is 7.79. The summed E-state index contributed by atoms with van der Waals surface area (Å²) < 4.78 is 0. The summed E-state index contributed by atoms with van der Waals surface area (Å²) in [5.74, 6) is -0.0297. The zero-order chi connectivity index (χ0) is 21.2. The lowest BCUT2D eigenvalue weighted by Crippen LogP contribution is -2.51. The van der Waals surface area contributed by atoms with Gasteiger partial charge in [0.1, 0.15) is 0 Å². The molecule has 3 nitrogen and oxygen atoms in total. The molecule has 3 aromatic carbocycles. The Morgan fingerprint density at radius 1 is 0.767 bits per heavy atom. The van der Waals surface area contributed by atoms with Crippen molar-refractivity contribution in [3.8, 4) is 0 Å². The predicted molar refractivity (Wildman–Crippen MR) is 126 cm³/mol. The highest BCUT2D eigenvalue weighted by Crippen LogP contribution is 2.34. The van der Waals surface area contributed by atoms with E-state index in [1.165, 1.54) is 18.4 Å². The van der Waals surface area contributed by atoms with E-state index in [1.54, 1.807) is 0 Å². The number of carbonyl (C=O) groups excluding carboxylic acids is 1. The number of hydrogen-bond acceptors (Lipinski definition) is 2. The molecule has 3 heteroatoms. The fraction of sp³-hybridized carbons (Fsp3) is 0.296. The van der Waals surface area contributed by atoms with Crippen LogP contribution < -0.4 is 10.6 Å². The first-order valence-electron chi connectivity index (χ1n) is 10.9. The summed E-state index contributed by atoms with van der Waals surface area (Å²) in [6.45, 7) is 4.93.